The Morgan fingerprint density at radius 3 is 2.31 bits per heavy atom. The van der Waals surface area contributed by atoms with E-state index in [4.69, 9.17) is 21.1 Å². The number of esters is 1. The summed E-state index contributed by atoms with van der Waals surface area (Å²) >= 11 is 6.59. The summed E-state index contributed by atoms with van der Waals surface area (Å²) in [6.45, 7) is 4.35. The number of thioether (sulfide) groups is 1. The number of non-ortho nitro benzene ring substituents is 1. The van der Waals surface area contributed by atoms with Gasteiger partial charge in [0.25, 0.3) is 5.69 Å². The molecule has 1 amide bonds. The molecule has 0 radical (unpaired) electrons. The van der Waals surface area contributed by atoms with E-state index in [-0.39, 0.29) is 24.5 Å². The van der Waals surface area contributed by atoms with Crippen molar-refractivity contribution in [2.24, 2.45) is 5.41 Å². The number of rotatable bonds is 8. The number of amides is 1. The third kappa shape index (κ3) is 7.51. The molecule has 2 aromatic rings. The Morgan fingerprint density at radius 1 is 1.15 bits per heavy atom. The Bertz CT molecular complexity index is 1320. The van der Waals surface area contributed by atoms with Crippen LogP contribution in [-0.2, 0) is 31.9 Å². The van der Waals surface area contributed by atoms with Crippen molar-refractivity contribution in [3.05, 3.63) is 80.6 Å². The summed E-state index contributed by atoms with van der Waals surface area (Å²) in [6.07, 6.45) is -4.84. The van der Waals surface area contributed by atoms with Crippen molar-refractivity contribution in [1.82, 2.24) is 4.90 Å². The molecular formula is C25H22ClF3N2O7S. The van der Waals surface area contributed by atoms with Gasteiger partial charge in [0.15, 0.2) is 10.8 Å². The number of carbonyl (C=O) groups is 3. The zero-order valence-electron chi connectivity index (χ0n) is 20.8. The first-order chi connectivity index (χ1) is 18.1. The Balaban J connectivity index is 2.03. The molecule has 0 bridgehead atoms. The van der Waals surface area contributed by atoms with Gasteiger partial charge in [0, 0.05) is 17.5 Å². The van der Waals surface area contributed by atoms with Crippen LogP contribution in [0.1, 0.15) is 38.3 Å². The van der Waals surface area contributed by atoms with E-state index < -0.39 is 55.4 Å². The second kappa shape index (κ2) is 11.7. The van der Waals surface area contributed by atoms with Crippen LogP contribution in [0.2, 0.25) is 0 Å². The van der Waals surface area contributed by atoms with Crippen LogP contribution < -0.4 is 4.74 Å². The summed E-state index contributed by atoms with van der Waals surface area (Å²) in [5.74, 6) is -2.11. The Kier molecular flexibility index (Phi) is 8.96. The predicted octanol–water partition coefficient (Wildman–Crippen LogP) is 6.01. The monoisotopic (exact) mass is 586 g/mol. The van der Waals surface area contributed by atoms with Crippen molar-refractivity contribution in [1.29, 1.82) is 0 Å². The lowest BCUT2D eigenvalue weighted by atomic mass is 10.00. The number of likely N-dealkylation sites (tertiary alicyclic amines) is 1. The van der Waals surface area contributed by atoms with Crippen LogP contribution >= 0.6 is 23.4 Å². The smallest absolute Gasteiger partial charge is 0.416 e. The highest BCUT2D eigenvalue weighted by atomic mass is 35.5. The highest BCUT2D eigenvalue weighted by Gasteiger charge is 2.44. The van der Waals surface area contributed by atoms with E-state index >= 15 is 0 Å². The number of halogens is 4. The maximum atomic E-state index is 13.3. The number of alkyl halides is 4. The van der Waals surface area contributed by atoms with Crippen LogP contribution in [0, 0.1) is 15.5 Å². The van der Waals surface area contributed by atoms with Gasteiger partial charge >= 0.3 is 12.1 Å². The van der Waals surface area contributed by atoms with Crippen molar-refractivity contribution in [2.45, 2.75) is 45.5 Å². The lowest BCUT2D eigenvalue weighted by Gasteiger charge is -2.37. The van der Waals surface area contributed by atoms with Gasteiger partial charge in [-0.3, -0.25) is 24.6 Å². The molecule has 3 rings (SSSR count). The number of benzene rings is 2. The van der Waals surface area contributed by atoms with Crippen LogP contribution in [0.5, 0.6) is 5.75 Å². The molecule has 9 nitrogen and oxygen atoms in total. The highest BCUT2D eigenvalue weighted by Crippen LogP contribution is 2.39. The molecule has 0 N–H and O–H groups in total. The topological polar surface area (TPSA) is 116 Å². The molecule has 0 aromatic heterocycles. The second-order valence-electron chi connectivity index (χ2n) is 9.31. The minimum Gasteiger partial charge on any atom is -0.456 e. The highest BCUT2D eigenvalue weighted by molar-refractivity contribution is 8.16. The van der Waals surface area contributed by atoms with Gasteiger partial charge in [-0.15, -0.1) is 0 Å². The van der Waals surface area contributed by atoms with E-state index in [2.05, 4.69) is 0 Å². The molecule has 39 heavy (non-hydrogen) atoms. The van der Waals surface area contributed by atoms with Crippen LogP contribution in [0.25, 0.3) is 0 Å². The zero-order chi connectivity index (χ0) is 29.1. The van der Waals surface area contributed by atoms with Crippen molar-refractivity contribution in [3.63, 3.8) is 0 Å². The summed E-state index contributed by atoms with van der Waals surface area (Å²) in [6, 6.07) is 8.87. The molecule has 0 aliphatic carbocycles. The molecule has 14 heteroatoms. The first-order valence-electron chi connectivity index (χ1n) is 11.3. The average molecular weight is 587 g/mol. The summed E-state index contributed by atoms with van der Waals surface area (Å²) in [5.41, 5.74) is -3.40. The quantitative estimate of drug-likeness (QED) is 0.0540. The lowest BCUT2D eigenvalue weighted by Crippen LogP contribution is -2.51. The number of hydrogen-bond acceptors (Lipinski definition) is 8. The molecule has 1 fully saturated rings. The number of ether oxygens (including phenoxy) is 2. The zero-order valence-corrected chi connectivity index (χ0v) is 22.4. The van der Waals surface area contributed by atoms with Crippen LogP contribution in [0.4, 0.5) is 18.9 Å². The van der Waals surface area contributed by atoms with E-state index in [9.17, 15) is 37.7 Å². The summed E-state index contributed by atoms with van der Waals surface area (Å²) in [7, 11) is 0. The van der Waals surface area contributed by atoms with Gasteiger partial charge in [0.05, 0.1) is 16.9 Å². The van der Waals surface area contributed by atoms with Gasteiger partial charge in [0.1, 0.15) is 17.9 Å². The Morgan fingerprint density at radius 2 is 1.79 bits per heavy atom. The molecular weight excluding hydrogens is 565 g/mol. The fraction of sp³-hybridized carbons (Fsp3) is 0.320. The standard InChI is InChI=1S/C25H22ClF3N2O7S/c1-24(2,3)23(34)39-22(38-17-6-4-5-15(11-17)25(27,28)29)20(30-18(26)12-19(30)32)21(33)37-13-14-7-9-16(10-8-14)31(35)36/h4-11,18H,12-13H2,1-3H3. The molecule has 1 atom stereocenters. The van der Waals surface area contributed by atoms with E-state index in [0.717, 1.165) is 17.0 Å². The summed E-state index contributed by atoms with van der Waals surface area (Å²) in [5, 5.41) is 9.84. The van der Waals surface area contributed by atoms with E-state index in [0.29, 0.717) is 23.4 Å². The van der Waals surface area contributed by atoms with Gasteiger partial charge < -0.3 is 9.47 Å². The average Bonchev–Trinajstić information content (AvgIpc) is 2.84. The van der Waals surface area contributed by atoms with E-state index in [1.54, 1.807) is 20.8 Å². The first-order valence-corrected chi connectivity index (χ1v) is 12.5. The lowest BCUT2D eigenvalue weighted by molar-refractivity contribution is -0.384. The number of hydrogen-bond donors (Lipinski definition) is 0. The van der Waals surface area contributed by atoms with Crippen molar-refractivity contribution in [3.8, 4) is 5.75 Å². The largest absolute Gasteiger partial charge is 0.456 e. The molecule has 1 saturated heterocycles. The predicted molar refractivity (Wildman–Crippen MR) is 135 cm³/mol. The Hall–Kier alpha value is -3.58. The number of carbonyl (C=O) groups excluding carboxylic acids is 3. The van der Waals surface area contributed by atoms with Gasteiger partial charge in [0.2, 0.25) is 11.0 Å². The molecule has 1 aliphatic rings. The third-order valence-corrected chi connectivity index (χ3v) is 6.82. The van der Waals surface area contributed by atoms with E-state index in [1.807, 2.05) is 0 Å². The van der Waals surface area contributed by atoms with E-state index in [1.165, 1.54) is 30.3 Å². The van der Waals surface area contributed by atoms with Gasteiger partial charge in [-0.25, -0.2) is 4.79 Å². The van der Waals surface area contributed by atoms with Gasteiger partial charge in [-0.2, -0.15) is 13.2 Å². The minimum absolute atomic E-state index is 0.143. The van der Waals surface area contributed by atoms with Gasteiger partial charge in [-0.1, -0.05) is 38.4 Å². The van der Waals surface area contributed by atoms with Crippen LogP contribution in [0.3, 0.4) is 0 Å². The van der Waals surface area contributed by atoms with Crippen molar-refractivity contribution < 1.29 is 42.0 Å². The molecule has 1 heterocycles. The normalized spacial score (nSPS) is 16.2. The number of nitrogens with zero attached hydrogens (tertiary/aromatic N) is 2. The summed E-state index contributed by atoms with van der Waals surface area (Å²) < 4.78 is 50.8. The SMILES string of the molecule is CC(C)(C)C(=O)SC(Oc1cccc(C(F)(F)F)c1)=C(C(=O)OCc1ccc([N+](=O)[O-])cc1)N1C(=O)CC1Cl. The fourth-order valence-corrected chi connectivity index (χ4v) is 4.28. The Labute approximate surface area is 230 Å². The number of β-lactam (4-membered cyclic amide) rings is 1. The second-order valence-corrected chi connectivity index (χ2v) is 10.8. The maximum absolute atomic E-state index is 13.3. The summed E-state index contributed by atoms with van der Waals surface area (Å²) in [4.78, 5) is 49.7. The molecule has 2 aromatic carbocycles. The molecule has 1 unspecified atom stereocenters. The van der Waals surface area contributed by atoms with Crippen LogP contribution in [0.15, 0.2) is 59.3 Å². The minimum atomic E-state index is -4.70. The van der Waals surface area contributed by atoms with Gasteiger partial charge in [-0.05, 0) is 47.7 Å². The molecule has 0 spiro atoms. The number of nitro benzene ring substituents is 1. The first kappa shape index (κ1) is 30.0. The van der Waals surface area contributed by atoms with Crippen molar-refractivity contribution >= 4 is 46.0 Å². The molecule has 1 aliphatic heterocycles. The maximum Gasteiger partial charge on any atom is 0.416 e. The third-order valence-electron chi connectivity index (χ3n) is 5.21. The number of nitro groups is 1. The van der Waals surface area contributed by atoms with Crippen LogP contribution in [-0.4, -0.2) is 32.3 Å². The fourth-order valence-electron chi connectivity index (χ4n) is 3.05. The molecule has 0 saturated carbocycles. The van der Waals surface area contributed by atoms with Crippen molar-refractivity contribution in [2.75, 3.05) is 0 Å². The molecule has 208 valence electrons.